The van der Waals surface area contributed by atoms with Gasteiger partial charge in [0.15, 0.2) is 6.04 Å². The average molecular weight is 287 g/mol. The van der Waals surface area contributed by atoms with Crippen LogP contribution < -0.4 is 24.1 Å². The second-order valence-electron chi connectivity index (χ2n) is 4.62. The van der Waals surface area contributed by atoms with E-state index in [1.54, 1.807) is 0 Å². The SMILES string of the molecule is C(/c1ccccc1)=[N+]1/N[C@@H]2CC[C@H]1C2.[O-][Cl+3]([O-])([O-])[O-]. The summed E-state index contributed by atoms with van der Waals surface area (Å²) in [7, 11) is -4.94. The highest BCUT2D eigenvalue weighted by Crippen LogP contribution is 2.26. The largest absolute Gasteiger partial charge is 0.222 e. The van der Waals surface area contributed by atoms with Gasteiger partial charge in [-0.2, -0.15) is 5.43 Å². The van der Waals surface area contributed by atoms with Crippen LogP contribution in [0.15, 0.2) is 30.3 Å². The lowest BCUT2D eigenvalue weighted by molar-refractivity contribution is -2.00. The minimum Gasteiger partial charge on any atom is -0.222 e. The fraction of sp³-hybridized carbons (Fsp3) is 0.417. The molecule has 1 aromatic rings. The van der Waals surface area contributed by atoms with Crippen molar-refractivity contribution < 1.29 is 33.6 Å². The molecule has 1 saturated carbocycles. The molecule has 3 rings (SSSR count). The Balaban J connectivity index is 0.000000232. The lowest BCUT2D eigenvalue weighted by Gasteiger charge is -2.17. The van der Waals surface area contributed by atoms with Gasteiger partial charge >= 0.3 is 0 Å². The molecule has 1 N–H and O–H groups in total. The molecule has 19 heavy (non-hydrogen) atoms. The molecule has 0 spiro atoms. The molecule has 104 valence electrons. The number of fused-ring (bicyclic) bond motifs is 2. The summed E-state index contributed by atoms with van der Waals surface area (Å²) < 4.78 is 36.3. The van der Waals surface area contributed by atoms with Gasteiger partial charge in [-0.15, -0.1) is 14.9 Å². The first-order chi connectivity index (χ1) is 8.92. The zero-order valence-electron chi connectivity index (χ0n) is 10.2. The van der Waals surface area contributed by atoms with Gasteiger partial charge in [-0.05, 0) is 18.6 Å². The van der Waals surface area contributed by atoms with Crippen LogP contribution in [0.25, 0.3) is 0 Å². The number of halogens is 1. The summed E-state index contributed by atoms with van der Waals surface area (Å²) in [5.41, 5.74) is 4.80. The van der Waals surface area contributed by atoms with Crippen molar-refractivity contribution >= 4 is 6.21 Å². The maximum atomic E-state index is 8.49. The zero-order chi connectivity index (χ0) is 13.9. The highest BCUT2D eigenvalue weighted by molar-refractivity contribution is 5.75. The van der Waals surface area contributed by atoms with Crippen molar-refractivity contribution in [2.75, 3.05) is 0 Å². The third-order valence-electron chi connectivity index (χ3n) is 3.22. The summed E-state index contributed by atoms with van der Waals surface area (Å²) in [5.74, 6) is 0. The van der Waals surface area contributed by atoms with E-state index in [1.807, 2.05) is 0 Å². The van der Waals surface area contributed by atoms with Crippen LogP contribution >= 0.6 is 0 Å². The van der Waals surface area contributed by atoms with Gasteiger partial charge in [-0.3, -0.25) is 0 Å². The average Bonchev–Trinajstić information content (AvgIpc) is 2.90. The molecule has 1 aliphatic heterocycles. The van der Waals surface area contributed by atoms with Crippen LogP contribution in [0.5, 0.6) is 0 Å². The monoisotopic (exact) mass is 286 g/mol. The van der Waals surface area contributed by atoms with E-state index in [9.17, 15) is 0 Å². The fourth-order valence-electron chi connectivity index (χ4n) is 2.49. The number of benzene rings is 1. The Morgan fingerprint density at radius 3 is 2.21 bits per heavy atom. The van der Waals surface area contributed by atoms with Crippen molar-refractivity contribution in [2.45, 2.75) is 31.3 Å². The fourth-order valence-corrected chi connectivity index (χ4v) is 2.49. The van der Waals surface area contributed by atoms with Crippen molar-refractivity contribution in [3.8, 4) is 0 Å². The lowest BCUT2D eigenvalue weighted by Crippen LogP contribution is -2.68. The Bertz CT molecular complexity index is 441. The normalized spacial score (nSPS) is 26.8. The number of rotatable bonds is 1. The lowest BCUT2D eigenvalue weighted by atomic mass is 10.2. The van der Waals surface area contributed by atoms with Crippen LogP contribution in [-0.2, 0) is 0 Å². The number of nitrogens with zero attached hydrogens (tertiary/aromatic N) is 1. The Morgan fingerprint density at radius 1 is 1.11 bits per heavy atom. The van der Waals surface area contributed by atoms with Crippen LogP contribution in [-0.4, -0.2) is 23.0 Å². The Hall–Kier alpha value is -1.18. The molecular weight excluding hydrogens is 272 g/mol. The Kier molecular flexibility index (Phi) is 4.38. The molecule has 6 nitrogen and oxygen atoms in total. The second kappa shape index (κ2) is 5.85. The van der Waals surface area contributed by atoms with Crippen molar-refractivity contribution in [1.29, 1.82) is 0 Å². The van der Waals surface area contributed by atoms with Crippen molar-refractivity contribution in [3.63, 3.8) is 0 Å². The predicted molar refractivity (Wildman–Crippen MR) is 56.4 cm³/mol. The van der Waals surface area contributed by atoms with Crippen LogP contribution in [0.4, 0.5) is 0 Å². The molecule has 2 atom stereocenters. The number of hydrazone groups is 1. The topological polar surface area (TPSA) is 107 Å². The van der Waals surface area contributed by atoms with E-state index in [-0.39, 0.29) is 0 Å². The molecule has 2 bridgehead atoms. The standard InChI is InChI=1S/C12H15N2.ClHO4/c1-2-4-10(5-3-1)9-14-12-7-6-11(8-12)13-14;2-1(3,4)5/h1-5,9,11-13H,6-8H2;(H,2,3,4,5)/q+1;/p-1/b14-9-;/t11-,12+;/m1./s1. The molecule has 0 radical (unpaired) electrons. The highest BCUT2D eigenvalue weighted by atomic mass is 35.7. The first-order valence-corrected chi connectivity index (χ1v) is 7.21. The minimum atomic E-state index is -4.94. The molecule has 2 aliphatic rings. The highest BCUT2D eigenvalue weighted by Gasteiger charge is 2.41. The first-order valence-electron chi connectivity index (χ1n) is 5.98. The molecule has 1 aliphatic carbocycles. The van der Waals surface area contributed by atoms with E-state index in [0.717, 1.165) is 12.1 Å². The zero-order valence-corrected chi connectivity index (χ0v) is 11.0. The summed E-state index contributed by atoms with van der Waals surface area (Å²) in [6, 6.07) is 12.0. The smallest absolute Gasteiger partial charge is 0.200 e. The van der Waals surface area contributed by atoms with Gasteiger partial charge in [-0.1, -0.05) is 18.2 Å². The molecule has 2 fully saturated rings. The van der Waals surface area contributed by atoms with Gasteiger partial charge < -0.3 is 0 Å². The quantitative estimate of drug-likeness (QED) is 0.547. The van der Waals surface area contributed by atoms with Gasteiger partial charge in [0.05, 0.1) is 6.04 Å². The maximum Gasteiger partial charge on any atom is 0.200 e. The summed E-state index contributed by atoms with van der Waals surface area (Å²) in [5, 5.41) is 0. The number of hydrogen-bond donors (Lipinski definition) is 1. The van der Waals surface area contributed by atoms with Crippen LogP contribution in [0.2, 0.25) is 0 Å². The summed E-state index contributed by atoms with van der Waals surface area (Å²) in [6.07, 6.45) is 6.25. The Labute approximate surface area is 113 Å². The molecule has 1 heterocycles. The minimum absolute atomic E-state index is 0.736. The van der Waals surface area contributed by atoms with Gasteiger partial charge in [0, 0.05) is 18.4 Å². The van der Waals surface area contributed by atoms with E-state index >= 15 is 0 Å². The third kappa shape index (κ3) is 4.77. The van der Waals surface area contributed by atoms with E-state index in [2.05, 4.69) is 46.7 Å². The summed E-state index contributed by atoms with van der Waals surface area (Å²) in [4.78, 5) is 0. The first kappa shape index (κ1) is 14.2. The predicted octanol–water partition coefficient (Wildman–Crippen LogP) is -3.20. The molecule has 0 aromatic heterocycles. The van der Waals surface area contributed by atoms with Crippen LogP contribution in [0.1, 0.15) is 24.8 Å². The molecule has 1 saturated heterocycles. The van der Waals surface area contributed by atoms with E-state index in [0.29, 0.717) is 0 Å². The molecule has 1 aromatic carbocycles. The van der Waals surface area contributed by atoms with E-state index in [1.165, 1.54) is 24.8 Å². The van der Waals surface area contributed by atoms with Crippen LogP contribution in [0.3, 0.4) is 0 Å². The molecule has 0 unspecified atom stereocenters. The number of nitrogens with one attached hydrogen (secondary N) is 1. The van der Waals surface area contributed by atoms with Gasteiger partial charge in [0.1, 0.15) is 0 Å². The molecule has 7 heteroatoms. The van der Waals surface area contributed by atoms with Crippen LogP contribution in [0, 0.1) is 10.2 Å². The maximum absolute atomic E-state index is 8.49. The van der Waals surface area contributed by atoms with Crippen molar-refractivity contribution in [2.24, 2.45) is 0 Å². The Morgan fingerprint density at radius 2 is 1.74 bits per heavy atom. The third-order valence-corrected chi connectivity index (χ3v) is 3.22. The van der Waals surface area contributed by atoms with Crippen molar-refractivity contribution in [3.05, 3.63) is 35.9 Å². The summed E-state index contributed by atoms with van der Waals surface area (Å²) >= 11 is 0. The number of hydrogen-bond acceptors (Lipinski definition) is 5. The number of hydrazine groups is 1. The molecule has 0 amide bonds. The van der Waals surface area contributed by atoms with Gasteiger partial charge in [-0.25, -0.2) is 18.6 Å². The molecular formula is C12H15ClN2O4. The van der Waals surface area contributed by atoms with Gasteiger partial charge in [0.2, 0.25) is 6.21 Å². The second-order valence-corrected chi connectivity index (χ2v) is 5.37. The van der Waals surface area contributed by atoms with E-state index in [4.69, 9.17) is 18.6 Å². The van der Waals surface area contributed by atoms with Gasteiger partial charge in [0.25, 0.3) is 0 Å². The summed E-state index contributed by atoms with van der Waals surface area (Å²) in [6.45, 7) is 0. The van der Waals surface area contributed by atoms with Crippen molar-refractivity contribution in [1.82, 2.24) is 5.43 Å². The van der Waals surface area contributed by atoms with E-state index < -0.39 is 10.2 Å².